The number of allylic oxidation sites excluding steroid dienone is 1. The van der Waals surface area contributed by atoms with Gasteiger partial charge in [0.1, 0.15) is 10.7 Å². The molecular weight excluding hydrogens is 175 g/mol. The van der Waals surface area contributed by atoms with E-state index in [9.17, 15) is 9.18 Å². The molecule has 1 heterocycles. The van der Waals surface area contributed by atoms with Crippen molar-refractivity contribution in [1.29, 1.82) is 0 Å². The van der Waals surface area contributed by atoms with E-state index >= 15 is 0 Å². The molecular formula is C9H9FOS. The number of halogens is 1. The lowest BCUT2D eigenvalue weighted by Crippen LogP contribution is -1.88. The molecule has 0 aromatic carbocycles. The monoisotopic (exact) mass is 184 g/mol. The minimum absolute atomic E-state index is 0.211. The highest BCUT2D eigenvalue weighted by Gasteiger charge is 2.10. The Morgan fingerprint density at radius 1 is 1.67 bits per heavy atom. The summed E-state index contributed by atoms with van der Waals surface area (Å²) < 4.78 is 12.9. The molecule has 0 bridgehead atoms. The highest BCUT2D eigenvalue weighted by molar-refractivity contribution is 7.14. The Hall–Kier alpha value is -0.960. The number of hydrogen-bond acceptors (Lipinski definition) is 2. The van der Waals surface area contributed by atoms with Crippen molar-refractivity contribution in [2.75, 3.05) is 0 Å². The highest BCUT2D eigenvalue weighted by Crippen LogP contribution is 2.22. The third-order valence-electron chi connectivity index (χ3n) is 1.36. The Morgan fingerprint density at radius 2 is 2.33 bits per heavy atom. The van der Waals surface area contributed by atoms with E-state index in [1.54, 1.807) is 6.08 Å². The second kappa shape index (κ2) is 3.63. The average molecular weight is 184 g/mol. The van der Waals surface area contributed by atoms with Crippen LogP contribution in [-0.2, 0) is 0 Å². The molecule has 1 aromatic heterocycles. The van der Waals surface area contributed by atoms with Gasteiger partial charge in [0.25, 0.3) is 0 Å². The normalized spacial score (nSPS) is 10.9. The van der Waals surface area contributed by atoms with E-state index in [1.165, 1.54) is 24.3 Å². The van der Waals surface area contributed by atoms with Gasteiger partial charge in [-0.25, -0.2) is 4.39 Å². The molecule has 1 aromatic rings. The minimum Gasteiger partial charge on any atom is -0.293 e. The molecule has 0 saturated heterocycles. The van der Waals surface area contributed by atoms with E-state index in [4.69, 9.17) is 0 Å². The van der Waals surface area contributed by atoms with E-state index in [1.807, 2.05) is 13.0 Å². The molecule has 1 nitrogen and oxygen atoms in total. The van der Waals surface area contributed by atoms with Gasteiger partial charge in [0.15, 0.2) is 5.78 Å². The number of carbonyl (C=O) groups is 1. The van der Waals surface area contributed by atoms with Gasteiger partial charge in [-0.15, -0.1) is 11.3 Å². The second-order valence-electron chi connectivity index (χ2n) is 2.38. The van der Waals surface area contributed by atoms with Crippen LogP contribution in [0.4, 0.5) is 4.39 Å². The number of rotatable bonds is 2. The average Bonchev–Trinajstić information content (AvgIpc) is 2.32. The Bertz CT molecular complexity index is 325. The molecule has 0 unspecified atom stereocenters. The first-order chi connectivity index (χ1) is 5.65. The fraction of sp³-hybridized carbons (Fsp3) is 0.222. The van der Waals surface area contributed by atoms with Crippen LogP contribution in [0.2, 0.25) is 0 Å². The van der Waals surface area contributed by atoms with Crippen LogP contribution >= 0.6 is 11.3 Å². The first kappa shape index (κ1) is 9.13. The first-order valence-electron chi connectivity index (χ1n) is 3.58. The van der Waals surface area contributed by atoms with E-state index in [0.29, 0.717) is 0 Å². The predicted octanol–water partition coefficient (Wildman–Crippen LogP) is 3.12. The van der Waals surface area contributed by atoms with Crippen LogP contribution in [0.3, 0.4) is 0 Å². The zero-order chi connectivity index (χ0) is 9.14. The zero-order valence-electron chi connectivity index (χ0n) is 6.93. The zero-order valence-corrected chi connectivity index (χ0v) is 7.74. The Kier molecular flexibility index (Phi) is 2.76. The van der Waals surface area contributed by atoms with Crippen molar-refractivity contribution in [3.63, 3.8) is 0 Å². The van der Waals surface area contributed by atoms with Gasteiger partial charge in [-0.3, -0.25) is 4.79 Å². The number of hydrogen-bond donors (Lipinski definition) is 0. The van der Waals surface area contributed by atoms with Gasteiger partial charge in [0.05, 0.1) is 0 Å². The predicted molar refractivity (Wildman–Crippen MR) is 49.0 cm³/mol. The summed E-state index contributed by atoms with van der Waals surface area (Å²) in [6.07, 6.45) is 3.59. The van der Waals surface area contributed by atoms with Gasteiger partial charge in [0.2, 0.25) is 0 Å². The molecule has 0 aliphatic carbocycles. The SMILES string of the molecule is C/C=C/c1cc(F)c(C(C)=O)s1. The van der Waals surface area contributed by atoms with Gasteiger partial charge in [0, 0.05) is 11.8 Å². The van der Waals surface area contributed by atoms with E-state index in [0.717, 1.165) is 4.88 Å². The maximum atomic E-state index is 12.9. The van der Waals surface area contributed by atoms with E-state index < -0.39 is 5.82 Å². The number of Topliss-reactive ketones (excluding diaryl/α,β-unsaturated/α-hetero) is 1. The maximum absolute atomic E-state index is 12.9. The van der Waals surface area contributed by atoms with Gasteiger partial charge in [-0.05, 0) is 19.1 Å². The maximum Gasteiger partial charge on any atom is 0.172 e. The van der Waals surface area contributed by atoms with Gasteiger partial charge < -0.3 is 0 Å². The second-order valence-corrected chi connectivity index (χ2v) is 3.47. The van der Waals surface area contributed by atoms with Gasteiger partial charge in [-0.2, -0.15) is 0 Å². The number of carbonyl (C=O) groups excluding carboxylic acids is 1. The molecule has 0 N–H and O–H groups in total. The van der Waals surface area contributed by atoms with Crippen molar-refractivity contribution in [2.24, 2.45) is 0 Å². The van der Waals surface area contributed by atoms with Crippen molar-refractivity contribution in [3.8, 4) is 0 Å². The summed E-state index contributed by atoms with van der Waals surface area (Å²) in [5.74, 6) is -0.631. The summed E-state index contributed by atoms with van der Waals surface area (Å²) in [5, 5.41) is 0. The fourth-order valence-corrected chi connectivity index (χ4v) is 1.78. The molecule has 64 valence electrons. The highest BCUT2D eigenvalue weighted by atomic mass is 32.1. The molecule has 0 amide bonds. The molecule has 0 fully saturated rings. The molecule has 0 atom stereocenters. The van der Waals surface area contributed by atoms with Crippen LogP contribution in [0.25, 0.3) is 6.08 Å². The fourth-order valence-electron chi connectivity index (χ4n) is 0.873. The summed E-state index contributed by atoms with van der Waals surface area (Å²) in [4.78, 5) is 11.8. The van der Waals surface area contributed by atoms with Crippen LogP contribution in [0, 0.1) is 5.82 Å². The molecule has 0 spiro atoms. The molecule has 1 rings (SSSR count). The Labute approximate surface area is 74.5 Å². The summed E-state index contributed by atoms with van der Waals surface area (Å²) in [7, 11) is 0. The Balaban J connectivity index is 3.08. The van der Waals surface area contributed by atoms with Crippen molar-refractivity contribution < 1.29 is 9.18 Å². The Morgan fingerprint density at radius 3 is 2.75 bits per heavy atom. The van der Waals surface area contributed by atoms with Crippen LogP contribution in [-0.4, -0.2) is 5.78 Å². The van der Waals surface area contributed by atoms with Gasteiger partial charge in [-0.1, -0.05) is 6.08 Å². The lowest BCUT2D eigenvalue weighted by Gasteiger charge is -1.84. The summed E-state index contributed by atoms with van der Waals surface area (Å²) in [5.41, 5.74) is 0. The van der Waals surface area contributed by atoms with E-state index in [2.05, 4.69) is 0 Å². The van der Waals surface area contributed by atoms with E-state index in [-0.39, 0.29) is 10.7 Å². The van der Waals surface area contributed by atoms with Crippen LogP contribution < -0.4 is 0 Å². The lowest BCUT2D eigenvalue weighted by molar-refractivity contribution is 0.101. The van der Waals surface area contributed by atoms with Crippen molar-refractivity contribution in [2.45, 2.75) is 13.8 Å². The van der Waals surface area contributed by atoms with Gasteiger partial charge >= 0.3 is 0 Å². The van der Waals surface area contributed by atoms with Crippen molar-refractivity contribution in [3.05, 3.63) is 27.7 Å². The summed E-state index contributed by atoms with van der Waals surface area (Å²) in [6, 6.07) is 1.38. The smallest absolute Gasteiger partial charge is 0.172 e. The molecule has 0 radical (unpaired) electrons. The van der Waals surface area contributed by atoms with Crippen LogP contribution in [0.1, 0.15) is 28.4 Å². The minimum atomic E-state index is -0.416. The van der Waals surface area contributed by atoms with Crippen molar-refractivity contribution in [1.82, 2.24) is 0 Å². The third kappa shape index (κ3) is 1.80. The molecule has 3 heteroatoms. The van der Waals surface area contributed by atoms with Crippen LogP contribution in [0.5, 0.6) is 0 Å². The number of thiophene rings is 1. The number of ketones is 1. The summed E-state index contributed by atoms with van der Waals surface area (Å²) >= 11 is 1.18. The molecule has 12 heavy (non-hydrogen) atoms. The third-order valence-corrected chi connectivity index (χ3v) is 2.53. The standard InChI is InChI=1S/C9H9FOS/c1-3-4-7-5-8(10)9(12-7)6(2)11/h3-5H,1-2H3/b4-3+. The summed E-state index contributed by atoms with van der Waals surface area (Å²) in [6.45, 7) is 3.22. The largest absolute Gasteiger partial charge is 0.293 e. The lowest BCUT2D eigenvalue weighted by atomic mass is 10.3. The van der Waals surface area contributed by atoms with Crippen molar-refractivity contribution >= 4 is 23.2 Å². The molecule has 0 aliphatic heterocycles. The first-order valence-corrected chi connectivity index (χ1v) is 4.39. The quantitative estimate of drug-likeness (QED) is 0.645. The molecule has 0 saturated carbocycles. The topological polar surface area (TPSA) is 17.1 Å². The molecule has 0 aliphatic rings. The van der Waals surface area contributed by atoms with Crippen LogP contribution in [0.15, 0.2) is 12.1 Å².